The number of nitrogens with one attached hydrogen (secondary N) is 2. The highest BCUT2D eigenvalue weighted by Gasteiger charge is 2.65. The number of aliphatic carboxylic acids is 1. The zero-order chi connectivity index (χ0) is 24.2. The van der Waals surface area contributed by atoms with Crippen LogP contribution in [0, 0.1) is 17.3 Å². The van der Waals surface area contributed by atoms with Gasteiger partial charge in [0.15, 0.2) is 0 Å². The standard InChI is InChI=1S/C28H28N2O5/c31-25(32)16-9-10-18(11-16)29-26(33)28-13-17(28)12-19(14-28)30-27(34)35-15-24-22-7-3-1-5-20(22)21-6-2-4-8-23(21)24/h1-10,16-19,24H,11-15H2,(H,29,33)(H,30,34)(H,31,32)/t16?,17-,18?,19+,28+/m0/s1. The normalized spacial score (nSPS) is 29.7. The van der Waals surface area contributed by atoms with Gasteiger partial charge in [0.25, 0.3) is 0 Å². The fourth-order valence-electron chi connectivity index (χ4n) is 6.39. The van der Waals surface area contributed by atoms with Crippen molar-refractivity contribution in [2.45, 2.75) is 43.7 Å². The van der Waals surface area contributed by atoms with Gasteiger partial charge in [-0.25, -0.2) is 4.79 Å². The Balaban J connectivity index is 1.03. The van der Waals surface area contributed by atoms with Crippen molar-refractivity contribution in [1.29, 1.82) is 0 Å². The molecule has 0 saturated heterocycles. The predicted molar refractivity (Wildman–Crippen MR) is 129 cm³/mol. The van der Waals surface area contributed by atoms with Gasteiger partial charge in [0.05, 0.1) is 11.3 Å². The monoisotopic (exact) mass is 472 g/mol. The number of hydrogen-bond acceptors (Lipinski definition) is 4. The molecule has 0 bridgehead atoms. The summed E-state index contributed by atoms with van der Waals surface area (Å²) in [7, 11) is 0. The molecule has 7 nitrogen and oxygen atoms in total. The summed E-state index contributed by atoms with van der Waals surface area (Å²) in [5, 5.41) is 15.1. The zero-order valence-corrected chi connectivity index (χ0v) is 19.3. The number of hydrogen-bond donors (Lipinski definition) is 3. The van der Waals surface area contributed by atoms with Crippen LogP contribution in [-0.4, -0.2) is 41.8 Å². The Morgan fingerprint density at radius 2 is 1.60 bits per heavy atom. The maximum atomic E-state index is 13.0. The highest BCUT2D eigenvalue weighted by molar-refractivity contribution is 5.87. The SMILES string of the molecule is O=C(N[C@@H]1C[C@H]2C[C@@]2(C(=O)NC2C=CC(C(=O)O)C2)C1)OCC1c2ccccc2-c2ccccc21. The van der Waals surface area contributed by atoms with Gasteiger partial charge in [0.2, 0.25) is 5.91 Å². The first kappa shape index (κ1) is 21.9. The minimum atomic E-state index is -0.867. The van der Waals surface area contributed by atoms with E-state index in [2.05, 4.69) is 34.9 Å². The number of alkyl carbamates (subject to hydrolysis) is 1. The van der Waals surface area contributed by atoms with Crippen LogP contribution < -0.4 is 10.6 Å². The van der Waals surface area contributed by atoms with Crippen molar-refractivity contribution in [3.63, 3.8) is 0 Å². The number of carboxylic acid groups (broad SMARTS) is 1. The lowest BCUT2D eigenvalue weighted by Gasteiger charge is -2.20. The molecule has 0 spiro atoms. The van der Waals surface area contributed by atoms with Gasteiger partial charge in [-0.3, -0.25) is 9.59 Å². The van der Waals surface area contributed by atoms with E-state index >= 15 is 0 Å². The van der Waals surface area contributed by atoms with Crippen LogP contribution in [0.15, 0.2) is 60.7 Å². The molecule has 0 heterocycles. The molecule has 5 atom stereocenters. The highest BCUT2D eigenvalue weighted by Crippen LogP contribution is 2.63. The Kier molecular flexibility index (Phi) is 5.16. The van der Waals surface area contributed by atoms with Gasteiger partial charge in [0, 0.05) is 18.0 Å². The van der Waals surface area contributed by atoms with Crippen LogP contribution in [0.3, 0.4) is 0 Å². The topological polar surface area (TPSA) is 105 Å². The smallest absolute Gasteiger partial charge is 0.407 e. The third-order valence-corrected chi connectivity index (χ3v) is 8.25. The minimum absolute atomic E-state index is 0.0105. The van der Waals surface area contributed by atoms with Crippen LogP contribution in [0.1, 0.15) is 42.7 Å². The number of rotatable bonds is 6. The lowest BCUT2D eigenvalue weighted by molar-refractivity contribution is -0.140. The summed E-state index contributed by atoms with van der Waals surface area (Å²) in [4.78, 5) is 36.8. The molecule has 180 valence electrons. The van der Waals surface area contributed by atoms with Crippen molar-refractivity contribution in [3.05, 3.63) is 71.8 Å². The highest BCUT2D eigenvalue weighted by atomic mass is 16.5. The van der Waals surface area contributed by atoms with Crippen LogP contribution in [0.5, 0.6) is 0 Å². The van der Waals surface area contributed by atoms with Crippen LogP contribution in [0.4, 0.5) is 4.79 Å². The maximum Gasteiger partial charge on any atom is 0.407 e. The molecular weight excluding hydrogens is 444 g/mol. The first-order valence-electron chi connectivity index (χ1n) is 12.3. The molecule has 4 aliphatic carbocycles. The Hall–Kier alpha value is -3.61. The van der Waals surface area contributed by atoms with Crippen molar-refractivity contribution in [1.82, 2.24) is 10.6 Å². The van der Waals surface area contributed by atoms with Crippen molar-refractivity contribution in [3.8, 4) is 11.1 Å². The molecule has 6 rings (SSSR count). The van der Waals surface area contributed by atoms with E-state index in [1.165, 1.54) is 22.3 Å². The largest absolute Gasteiger partial charge is 0.481 e. The molecule has 2 amide bonds. The maximum absolute atomic E-state index is 13.0. The van der Waals surface area contributed by atoms with Crippen molar-refractivity contribution >= 4 is 18.0 Å². The molecule has 2 aromatic carbocycles. The molecular formula is C28H28N2O5. The molecule has 35 heavy (non-hydrogen) atoms. The average molecular weight is 473 g/mol. The van der Waals surface area contributed by atoms with E-state index < -0.39 is 23.4 Å². The van der Waals surface area contributed by atoms with Crippen LogP contribution in [-0.2, 0) is 14.3 Å². The number of carboxylic acids is 1. The summed E-state index contributed by atoms with van der Waals surface area (Å²) in [6.07, 6.45) is 5.53. The van der Waals surface area contributed by atoms with Gasteiger partial charge >= 0.3 is 12.1 Å². The van der Waals surface area contributed by atoms with Gasteiger partial charge in [-0.2, -0.15) is 0 Å². The number of ether oxygens (including phenoxy) is 1. The molecule has 2 saturated carbocycles. The van der Waals surface area contributed by atoms with Crippen molar-refractivity contribution in [2.24, 2.45) is 17.3 Å². The Bertz CT molecular complexity index is 1190. The fraction of sp³-hybridized carbons (Fsp3) is 0.393. The summed E-state index contributed by atoms with van der Waals surface area (Å²) in [6, 6.07) is 16.1. The second-order valence-corrected chi connectivity index (χ2v) is 10.3. The molecule has 0 aliphatic heterocycles. The zero-order valence-electron chi connectivity index (χ0n) is 19.3. The minimum Gasteiger partial charge on any atom is -0.481 e. The molecule has 0 aromatic heterocycles. The van der Waals surface area contributed by atoms with Gasteiger partial charge in [-0.15, -0.1) is 0 Å². The van der Waals surface area contributed by atoms with Gasteiger partial charge < -0.3 is 20.5 Å². The van der Waals surface area contributed by atoms with Crippen molar-refractivity contribution < 1.29 is 24.2 Å². The van der Waals surface area contributed by atoms with Gasteiger partial charge in [0.1, 0.15) is 6.61 Å². The summed E-state index contributed by atoms with van der Waals surface area (Å²) in [6.45, 7) is 0.264. The van der Waals surface area contributed by atoms with Crippen LogP contribution >= 0.6 is 0 Å². The average Bonchev–Trinajstić information content (AvgIpc) is 3.18. The fourth-order valence-corrected chi connectivity index (χ4v) is 6.39. The summed E-state index contributed by atoms with van der Waals surface area (Å²) in [5.41, 5.74) is 4.27. The predicted octanol–water partition coefficient (Wildman–Crippen LogP) is 3.84. The summed E-state index contributed by atoms with van der Waals surface area (Å²) < 4.78 is 5.67. The summed E-state index contributed by atoms with van der Waals surface area (Å²) in [5.74, 6) is -1.17. The van der Waals surface area contributed by atoms with Crippen LogP contribution in [0.25, 0.3) is 11.1 Å². The Morgan fingerprint density at radius 1 is 0.914 bits per heavy atom. The van der Waals surface area contributed by atoms with Crippen molar-refractivity contribution in [2.75, 3.05) is 6.61 Å². The molecule has 2 fully saturated rings. The number of carbonyl (C=O) groups excluding carboxylic acids is 2. The Morgan fingerprint density at radius 3 is 2.26 bits per heavy atom. The number of benzene rings is 2. The van der Waals surface area contributed by atoms with E-state index in [9.17, 15) is 14.4 Å². The van der Waals surface area contributed by atoms with E-state index in [0.29, 0.717) is 12.8 Å². The molecule has 2 unspecified atom stereocenters. The lowest BCUT2D eigenvalue weighted by Crippen LogP contribution is -2.41. The van der Waals surface area contributed by atoms with E-state index in [4.69, 9.17) is 9.84 Å². The summed E-state index contributed by atoms with van der Waals surface area (Å²) >= 11 is 0. The van der Waals surface area contributed by atoms with Gasteiger partial charge in [-0.1, -0.05) is 60.7 Å². The van der Waals surface area contributed by atoms with Crippen LogP contribution in [0.2, 0.25) is 0 Å². The lowest BCUT2D eigenvalue weighted by atomic mass is 9.98. The first-order valence-corrected chi connectivity index (χ1v) is 12.3. The van der Waals surface area contributed by atoms with E-state index in [-0.39, 0.29) is 36.4 Å². The van der Waals surface area contributed by atoms with E-state index in [0.717, 1.165) is 12.8 Å². The third-order valence-electron chi connectivity index (χ3n) is 8.25. The Labute approximate surface area is 203 Å². The van der Waals surface area contributed by atoms with E-state index in [1.54, 1.807) is 12.2 Å². The number of carbonyl (C=O) groups is 3. The molecule has 0 radical (unpaired) electrons. The second-order valence-electron chi connectivity index (χ2n) is 10.3. The second kappa shape index (κ2) is 8.26. The molecule has 4 aliphatic rings. The number of fused-ring (bicyclic) bond motifs is 4. The molecule has 7 heteroatoms. The number of amides is 2. The van der Waals surface area contributed by atoms with Gasteiger partial charge in [-0.05, 0) is 53.9 Å². The quantitative estimate of drug-likeness (QED) is 0.554. The third kappa shape index (κ3) is 3.79. The molecule has 2 aromatic rings. The first-order chi connectivity index (χ1) is 16.9. The van der Waals surface area contributed by atoms with E-state index in [1.807, 2.05) is 24.3 Å². The molecule has 3 N–H and O–H groups in total.